The predicted octanol–water partition coefficient (Wildman–Crippen LogP) is 4.80. The average molecular weight is 319 g/mol. The summed E-state index contributed by atoms with van der Waals surface area (Å²) in [4.78, 5) is 12.6. The molecular formula is C18H23ClN2O. The van der Waals surface area contributed by atoms with Crippen LogP contribution in [0.2, 0.25) is 5.02 Å². The molecule has 1 aromatic carbocycles. The summed E-state index contributed by atoms with van der Waals surface area (Å²) in [6, 6.07) is 8.28. The van der Waals surface area contributed by atoms with E-state index in [9.17, 15) is 4.79 Å². The van der Waals surface area contributed by atoms with Gasteiger partial charge in [-0.2, -0.15) is 5.10 Å². The molecule has 0 N–H and O–H groups in total. The molecule has 0 aliphatic rings. The van der Waals surface area contributed by atoms with Crippen molar-refractivity contribution in [1.82, 2.24) is 9.78 Å². The number of hydrogen-bond acceptors (Lipinski definition) is 2. The zero-order valence-corrected chi connectivity index (χ0v) is 14.6. The van der Waals surface area contributed by atoms with Gasteiger partial charge in [0.1, 0.15) is 0 Å². The lowest BCUT2D eigenvalue weighted by Crippen LogP contribution is -2.20. The van der Waals surface area contributed by atoms with Crippen LogP contribution < -0.4 is 0 Å². The van der Waals surface area contributed by atoms with Crippen LogP contribution in [0.1, 0.15) is 54.0 Å². The Kier molecular flexibility index (Phi) is 5.07. The van der Waals surface area contributed by atoms with Gasteiger partial charge >= 0.3 is 0 Å². The molecule has 0 spiro atoms. The molecule has 0 aliphatic carbocycles. The van der Waals surface area contributed by atoms with E-state index in [4.69, 9.17) is 11.6 Å². The number of aryl methyl sites for hydroxylation is 1. The largest absolute Gasteiger partial charge is 0.272 e. The maximum atomic E-state index is 12.6. The molecular weight excluding hydrogens is 296 g/mol. The highest BCUT2D eigenvalue weighted by Crippen LogP contribution is 2.23. The lowest BCUT2D eigenvalue weighted by Gasteiger charge is -2.13. The van der Waals surface area contributed by atoms with E-state index in [0.29, 0.717) is 22.3 Å². The number of hydrogen-bond donors (Lipinski definition) is 0. The average Bonchev–Trinajstić information content (AvgIpc) is 2.73. The van der Waals surface area contributed by atoms with Gasteiger partial charge in [-0.05, 0) is 44.2 Å². The Bertz CT molecular complexity index is 671. The minimum atomic E-state index is -0.248. The molecule has 1 aromatic heterocycles. The molecule has 0 fully saturated rings. The zero-order chi connectivity index (χ0) is 16.4. The van der Waals surface area contributed by atoms with Crippen molar-refractivity contribution in [2.75, 3.05) is 0 Å². The van der Waals surface area contributed by atoms with Crippen molar-refractivity contribution in [3.05, 3.63) is 51.8 Å². The van der Waals surface area contributed by atoms with E-state index in [1.807, 2.05) is 32.9 Å². The molecule has 118 valence electrons. The van der Waals surface area contributed by atoms with Crippen LogP contribution in [0, 0.1) is 19.8 Å². The van der Waals surface area contributed by atoms with Crippen molar-refractivity contribution >= 4 is 17.5 Å². The summed E-state index contributed by atoms with van der Waals surface area (Å²) in [6.45, 7) is 9.94. The van der Waals surface area contributed by atoms with E-state index >= 15 is 0 Å². The third-order valence-corrected chi connectivity index (χ3v) is 4.45. The molecule has 0 saturated carbocycles. The lowest BCUT2D eigenvalue weighted by atomic mass is 9.96. The maximum Gasteiger partial charge on any atom is 0.254 e. The Labute approximate surface area is 137 Å². The third kappa shape index (κ3) is 3.41. The minimum absolute atomic E-state index is 0.0518. The smallest absolute Gasteiger partial charge is 0.254 e. The normalized spacial score (nSPS) is 12.7. The van der Waals surface area contributed by atoms with Crippen molar-refractivity contribution in [1.29, 1.82) is 0 Å². The first-order valence-electron chi connectivity index (χ1n) is 7.66. The Hall–Kier alpha value is -1.61. The van der Waals surface area contributed by atoms with E-state index in [0.717, 1.165) is 12.0 Å². The quantitative estimate of drug-likeness (QED) is 0.812. The highest BCUT2D eigenvalue weighted by atomic mass is 35.5. The fourth-order valence-electron chi connectivity index (χ4n) is 2.58. The number of nitrogens with zero attached hydrogens (tertiary/aromatic N) is 2. The van der Waals surface area contributed by atoms with Crippen molar-refractivity contribution in [2.45, 2.75) is 47.0 Å². The second-order valence-electron chi connectivity index (χ2n) is 6.30. The SMILES string of the molecule is Cc1nn(C(=O)[C@H](C)c2ccc(CC(C)C)cc2)c(C)c1Cl. The van der Waals surface area contributed by atoms with Gasteiger partial charge in [-0.3, -0.25) is 4.79 Å². The van der Waals surface area contributed by atoms with Crippen LogP contribution in [0.25, 0.3) is 0 Å². The summed E-state index contributed by atoms with van der Waals surface area (Å²) in [5.74, 6) is 0.327. The Morgan fingerprint density at radius 3 is 2.23 bits per heavy atom. The van der Waals surface area contributed by atoms with Gasteiger partial charge in [0.25, 0.3) is 5.91 Å². The molecule has 0 aliphatic heterocycles. The number of benzene rings is 1. The summed E-state index contributed by atoms with van der Waals surface area (Å²) in [5.41, 5.74) is 3.69. The number of halogens is 1. The van der Waals surface area contributed by atoms with Crippen LogP contribution in [-0.4, -0.2) is 15.7 Å². The van der Waals surface area contributed by atoms with Crippen molar-refractivity contribution in [3.8, 4) is 0 Å². The first kappa shape index (κ1) is 16.8. The molecule has 1 atom stereocenters. The monoisotopic (exact) mass is 318 g/mol. The first-order chi connectivity index (χ1) is 10.3. The summed E-state index contributed by atoms with van der Waals surface area (Å²) in [6.07, 6.45) is 1.05. The number of carbonyl (C=O) groups excluding carboxylic acids is 1. The predicted molar refractivity (Wildman–Crippen MR) is 90.7 cm³/mol. The van der Waals surface area contributed by atoms with Crippen LogP contribution in [-0.2, 0) is 6.42 Å². The van der Waals surface area contributed by atoms with Gasteiger partial charge < -0.3 is 0 Å². The second-order valence-corrected chi connectivity index (χ2v) is 6.67. The summed E-state index contributed by atoms with van der Waals surface area (Å²) in [5, 5.41) is 4.81. The summed E-state index contributed by atoms with van der Waals surface area (Å²) < 4.78 is 1.42. The molecule has 0 radical (unpaired) electrons. The van der Waals surface area contributed by atoms with Crippen molar-refractivity contribution in [2.24, 2.45) is 5.92 Å². The fourth-order valence-corrected chi connectivity index (χ4v) is 2.70. The van der Waals surface area contributed by atoms with Gasteiger partial charge in [0.2, 0.25) is 0 Å². The van der Waals surface area contributed by atoms with Crippen molar-refractivity contribution < 1.29 is 4.79 Å². The number of aromatic nitrogens is 2. The van der Waals surface area contributed by atoms with Gasteiger partial charge in [0.15, 0.2) is 0 Å². The van der Waals surface area contributed by atoms with Gasteiger partial charge in [0, 0.05) is 0 Å². The van der Waals surface area contributed by atoms with Crippen LogP contribution in [0.4, 0.5) is 0 Å². The van der Waals surface area contributed by atoms with Crippen LogP contribution in [0.3, 0.4) is 0 Å². The first-order valence-corrected chi connectivity index (χ1v) is 8.03. The molecule has 0 saturated heterocycles. The fraction of sp³-hybridized carbons (Fsp3) is 0.444. The van der Waals surface area contributed by atoms with Gasteiger partial charge in [-0.1, -0.05) is 49.7 Å². The van der Waals surface area contributed by atoms with E-state index in [1.165, 1.54) is 10.2 Å². The summed E-state index contributed by atoms with van der Waals surface area (Å²) >= 11 is 6.13. The molecule has 0 bridgehead atoms. The highest BCUT2D eigenvalue weighted by Gasteiger charge is 2.22. The van der Waals surface area contributed by atoms with Crippen LogP contribution >= 0.6 is 11.6 Å². The van der Waals surface area contributed by atoms with E-state index in [1.54, 1.807) is 0 Å². The molecule has 1 heterocycles. The molecule has 22 heavy (non-hydrogen) atoms. The molecule has 3 nitrogen and oxygen atoms in total. The molecule has 0 unspecified atom stereocenters. The number of carbonyl (C=O) groups is 1. The van der Waals surface area contributed by atoms with E-state index in [-0.39, 0.29) is 11.8 Å². The lowest BCUT2D eigenvalue weighted by molar-refractivity contribution is 0.0865. The summed E-state index contributed by atoms with van der Waals surface area (Å²) in [7, 11) is 0. The van der Waals surface area contributed by atoms with Crippen molar-refractivity contribution in [3.63, 3.8) is 0 Å². The highest BCUT2D eigenvalue weighted by molar-refractivity contribution is 6.32. The molecule has 2 aromatic rings. The third-order valence-electron chi connectivity index (χ3n) is 3.91. The second kappa shape index (κ2) is 6.66. The van der Waals surface area contributed by atoms with Gasteiger partial charge in [0.05, 0.1) is 22.3 Å². The molecule has 2 rings (SSSR count). The zero-order valence-electron chi connectivity index (χ0n) is 13.9. The maximum absolute atomic E-state index is 12.6. The Morgan fingerprint density at radius 1 is 1.18 bits per heavy atom. The Morgan fingerprint density at radius 2 is 1.77 bits per heavy atom. The topological polar surface area (TPSA) is 34.9 Å². The molecule has 0 amide bonds. The van der Waals surface area contributed by atoms with E-state index in [2.05, 4.69) is 31.1 Å². The standard InChI is InChI=1S/C18H23ClN2O/c1-11(2)10-15-6-8-16(9-7-15)12(3)18(22)21-14(5)17(19)13(4)20-21/h6-9,11-12H,10H2,1-5H3/t12-/m1/s1. The van der Waals surface area contributed by atoms with Crippen LogP contribution in [0.15, 0.2) is 24.3 Å². The minimum Gasteiger partial charge on any atom is -0.272 e. The number of rotatable bonds is 4. The Balaban J connectivity index is 2.21. The van der Waals surface area contributed by atoms with Crippen LogP contribution in [0.5, 0.6) is 0 Å². The molecule has 4 heteroatoms. The van der Waals surface area contributed by atoms with E-state index < -0.39 is 0 Å². The van der Waals surface area contributed by atoms with Gasteiger partial charge in [-0.25, -0.2) is 4.68 Å². The van der Waals surface area contributed by atoms with Gasteiger partial charge in [-0.15, -0.1) is 0 Å².